The summed E-state index contributed by atoms with van der Waals surface area (Å²) in [6.45, 7) is 0. The van der Waals surface area contributed by atoms with Gasteiger partial charge in [-0.15, -0.1) is 11.8 Å². The van der Waals surface area contributed by atoms with E-state index in [9.17, 15) is 31.5 Å². The Morgan fingerprint density at radius 3 is 2.12 bits per heavy atom. The molecule has 1 unspecified atom stereocenters. The molecule has 2 aromatic rings. The number of methoxy groups -OCH3 is 1. The normalized spacial score (nSPS) is 11.9. The van der Waals surface area contributed by atoms with Crippen molar-refractivity contribution in [3.05, 3.63) is 64.5 Å². The number of carbonyl (C=O) groups excluding carboxylic acids is 2. The highest BCUT2D eigenvalue weighted by Crippen LogP contribution is 2.33. The van der Waals surface area contributed by atoms with Gasteiger partial charge in [0.25, 0.3) is 0 Å². The van der Waals surface area contributed by atoms with Gasteiger partial charge in [0.05, 0.1) is 7.11 Å². The van der Waals surface area contributed by atoms with Crippen LogP contribution in [0.25, 0.3) is 0 Å². The minimum atomic E-state index is -2.24. The molecule has 0 saturated carbocycles. The quantitative estimate of drug-likeness (QED) is 0.142. The lowest BCUT2D eigenvalue weighted by molar-refractivity contribution is -0.143. The lowest BCUT2D eigenvalue weighted by atomic mass is 10.0. The van der Waals surface area contributed by atoms with Gasteiger partial charge in [0.2, 0.25) is 5.82 Å². The third kappa shape index (κ3) is 3.72. The van der Waals surface area contributed by atoms with Crippen molar-refractivity contribution in [3.8, 4) is 0 Å². The van der Waals surface area contributed by atoms with Crippen LogP contribution in [0.3, 0.4) is 0 Å². The van der Waals surface area contributed by atoms with Crippen LogP contribution in [-0.4, -0.2) is 19.4 Å². The van der Waals surface area contributed by atoms with Crippen LogP contribution in [0.4, 0.5) is 22.0 Å². The number of halogens is 5. The van der Waals surface area contributed by atoms with Gasteiger partial charge >= 0.3 is 5.97 Å². The summed E-state index contributed by atoms with van der Waals surface area (Å²) in [5.74, 6) is -12.9. The Hall–Kier alpha value is -2.42. The molecule has 0 aliphatic carbocycles. The van der Waals surface area contributed by atoms with E-state index < -0.39 is 52.3 Å². The monoisotopic (exact) mass is 390 g/mol. The average Bonchev–Trinajstić information content (AvgIpc) is 2.66. The summed E-state index contributed by atoms with van der Waals surface area (Å²) in [6.07, 6.45) is 0.337. The van der Waals surface area contributed by atoms with Gasteiger partial charge in [-0.2, -0.15) is 0 Å². The number of hydrogen-bond donors (Lipinski definition) is 0. The van der Waals surface area contributed by atoms with E-state index in [2.05, 4.69) is 4.74 Å². The fraction of sp³-hybridized carbons (Fsp3) is 0.176. The Bertz CT molecular complexity index is 828. The number of carbonyl (C=O) groups is 2. The smallest absolute Gasteiger partial charge is 0.320 e. The summed E-state index contributed by atoms with van der Waals surface area (Å²) in [7, 11) is 1.09. The van der Waals surface area contributed by atoms with Crippen molar-refractivity contribution in [3.63, 3.8) is 0 Å². The molecule has 0 aliphatic rings. The maximum absolute atomic E-state index is 13.7. The van der Waals surface area contributed by atoms with Crippen LogP contribution in [0.5, 0.6) is 0 Å². The van der Waals surface area contributed by atoms with Crippen LogP contribution < -0.4 is 0 Å². The van der Waals surface area contributed by atoms with Crippen LogP contribution in [0.1, 0.15) is 17.0 Å². The van der Waals surface area contributed by atoms with Crippen LogP contribution in [0, 0.1) is 29.1 Å². The first-order chi connectivity index (χ1) is 12.3. The summed E-state index contributed by atoms with van der Waals surface area (Å²) in [6, 6.07) is 5.93. The summed E-state index contributed by atoms with van der Waals surface area (Å²) in [5.41, 5.74) is -0.801. The minimum Gasteiger partial charge on any atom is -0.468 e. The van der Waals surface area contributed by atoms with E-state index in [1.807, 2.05) is 0 Å². The first kappa shape index (κ1) is 19.9. The minimum absolute atomic E-state index is 0.197. The van der Waals surface area contributed by atoms with Crippen molar-refractivity contribution in [2.24, 2.45) is 0 Å². The van der Waals surface area contributed by atoms with Crippen molar-refractivity contribution < 1.29 is 36.3 Å². The second-order valence-electron chi connectivity index (χ2n) is 5.01. The summed E-state index contributed by atoms with van der Waals surface area (Å²) < 4.78 is 71.6. The first-order valence-electron chi connectivity index (χ1n) is 7.08. The van der Waals surface area contributed by atoms with E-state index in [-0.39, 0.29) is 10.5 Å². The average molecular weight is 390 g/mol. The Balaban J connectivity index is 2.38. The van der Waals surface area contributed by atoms with Crippen molar-refractivity contribution in [2.75, 3.05) is 7.11 Å². The highest BCUT2D eigenvalue weighted by molar-refractivity contribution is 7.98. The van der Waals surface area contributed by atoms with Crippen LogP contribution in [-0.2, 0) is 20.1 Å². The Morgan fingerprint density at radius 2 is 1.58 bits per heavy atom. The molecule has 138 valence electrons. The van der Waals surface area contributed by atoms with Gasteiger partial charge in [-0.05, 0) is 11.6 Å². The summed E-state index contributed by atoms with van der Waals surface area (Å²) in [5, 5.41) is 0. The van der Waals surface area contributed by atoms with Gasteiger partial charge in [0.1, 0.15) is 12.2 Å². The van der Waals surface area contributed by atoms with Crippen LogP contribution >= 0.6 is 11.8 Å². The lowest BCUT2D eigenvalue weighted by Crippen LogP contribution is -2.16. The predicted octanol–water partition coefficient (Wildman–Crippen LogP) is 4.13. The number of thioether (sulfide) groups is 1. The van der Waals surface area contributed by atoms with Crippen molar-refractivity contribution >= 4 is 24.0 Å². The SMILES string of the molecule is COC(=O)C(C=O)c1ccccc1SCc1c(F)c(F)c(F)c(F)c1F. The molecule has 0 saturated heterocycles. The Labute approximate surface area is 149 Å². The zero-order valence-corrected chi connectivity index (χ0v) is 14.0. The zero-order chi connectivity index (χ0) is 19.4. The van der Waals surface area contributed by atoms with E-state index in [0.717, 1.165) is 18.9 Å². The standard InChI is InChI=1S/C17H11F5O3S/c1-25-17(24)9(6-23)8-4-2-3-5-11(8)26-7-10-12(18)14(20)16(22)15(21)13(10)19/h2-6,9H,7H2,1H3. The van der Waals surface area contributed by atoms with Crippen molar-refractivity contribution in [1.82, 2.24) is 0 Å². The van der Waals surface area contributed by atoms with E-state index in [1.54, 1.807) is 0 Å². The van der Waals surface area contributed by atoms with E-state index in [1.165, 1.54) is 24.3 Å². The van der Waals surface area contributed by atoms with E-state index in [0.29, 0.717) is 6.29 Å². The van der Waals surface area contributed by atoms with Gasteiger partial charge in [0.15, 0.2) is 23.3 Å². The lowest BCUT2D eigenvalue weighted by Gasteiger charge is -2.14. The van der Waals surface area contributed by atoms with Gasteiger partial charge in [0, 0.05) is 16.2 Å². The molecular formula is C17H11F5O3S. The predicted molar refractivity (Wildman–Crippen MR) is 83.1 cm³/mol. The molecule has 0 N–H and O–H groups in total. The number of ether oxygens (including phenoxy) is 1. The van der Waals surface area contributed by atoms with Gasteiger partial charge in [-0.25, -0.2) is 22.0 Å². The van der Waals surface area contributed by atoms with E-state index >= 15 is 0 Å². The molecule has 0 aliphatic heterocycles. The molecule has 9 heteroatoms. The molecule has 2 rings (SSSR count). The fourth-order valence-electron chi connectivity index (χ4n) is 2.18. The molecule has 0 bridgehead atoms. The summed E-state index contributed by atoms with van der Waals surface area (Å²) in [4.78, 5) is 23.1. The number of benzene rings is 2. The molecule has 2 aromatic carbocycles. The van der Waals surface area contributed by atoms with Crippen molar-refractivity contribution in [1.29, 1.82) is 0 Å². The second kappa shape index (κ2) is 8.31. The Kier molecular flexibility index (Phi) is 6.36. The van der Waals surface area contributed by atoms with E-state index in [4.69, 9.17) is 0 Å². The number of hydrogen-bond acceptors (Lipinski definition) is 4. The molecule has 0 spiro atoms. The fourth-order valence-corrected chi connectivity index (χ4v) is 3.27. The highest BCUT2D eigenvalue weighted by atomic mass is 32.2. The van der Waals surface area contributed by atoms with Gasteiger partial charge in [-0.3, -0.25) is 4.79 Å². The summed E-state index contributed by atoms with van der Waals surface area (Å²) >= 11 is 0.721. The van der Waals surface area contributed by atoms with Gasteiger partial charge < -0.3 is 9.53 Å². The Morgan fingerprint density at radius 1 is 1.04 bits per heavy atom. The van der Waals surface area contributed by atoms with Crippen LogP contribution in [0.2, 0.25) is 0 Å². The largest absolute Gasteiger partial charge is 0.468 e. The molecular weight excluding hydrogens is 379 g/mol. The molecule has 0 radical (unpaired) electrons. The third-order valence-corrected chi connectivity index (χ3v) is 4.63. The maximum atomic E-state index is 13.7. The van der Waals surface area contributed by atoms with Gasteiger partial charge in [-0.1, -0.05) is 18.2 Å². The topological polar surface area (TPSA) is 43.4 Å². The number of rotatable bonds is 6. The molecule has 0 heterocycles. The maximum Gasteiger partial charge on any atom is 0.320 e. The highest BCUT2D eigenvalue weighted by Gasteiger charge is 2.27. The molecule has 3 nitrogen and oxygen atoms in total. The molecule has 0 fully saturated rings. The molecule has 0 aromatic heterocycles. The number of aldehydes is 1. The van der Waals surface area contributed by atoms with Crippen LogP contribution in [0.15, 0.2) is 29.2 Å². The van der Waals surface area contributed by atoms with Crippen molar-refractivity contribution in [2.45, 2.75) is 16.6 Å². The zero-order valence-electron chi connectivity index (χ0n) is 13.2. The molecule has 1 atom stereocenters. The molecule has 0 amide bonds. The third-order valence-electron chi connectivity index (χ3n) is 3.52. The first-order valence-corrected chi connectivity index (χ1v) is 8.07. The second-order valence-corrected chi connectivity index (χ2v) is 6.03. The number of esters is 1. The molecule has 26 heavy (non-hydrogen) atoms.